The summed E-state index contributed by atoms with van der Waals surface area (Å²) in [7, 11) is 2.55. The van der Waals surface area contributed by atoms with Crippen molar-refractivity contribution < 1.29 is 33.9 Å². The van der Waals surface area contributed by atoms with Crippen molar-refractivity contribution in [1.29, 1.82) is 0 Å². The van der Waals surface area contributed by atoms with Crippen molar-refractivity contribution in [3.8, 4) is 17.2 Å². The van der Waals surface area contributed by atoms with Gasteiger partial charge in [-0.05, 0) is 67.6 Å². The zero-order valence-corrected chi connectivity index (χ0v) is 30.8. The Morgan fingerprint density at radius 2 is 1.68 bits per heavy atom. The zero-order chi connectivity index (χ0) is 38.2. The van der Waals surface area contributed by atoms with E-state index in [2.05, 4.69) is 19.2 Å². The van der Waals surface area contributed by atoms with Crippen molar-refractivity contribution in [2.75, 3.05) is 39.2 Å². The Bertz CT molecular complexity index is 1980. The molecule has 0 unspecified atom stereocenters. The van der Waals surface area contributed by atoms with E-state index in [-0.39, 0.29) is 53.1 Å². The third-order valence-electron chi connectivity index (χ3n) is 9.42. The lowest BCUT2D eigenvalue weighted by molar-refractivity contribution is -0.385. The highest BCUT2D eigenvalue weighted by molar-refractivity contribution is 6.08. The molecule has 0 bridgehead atoms. The minimum Gasteiger partial charge on any atom is -0.496 e. The molecule has 2 N–H and O–H groups in total. The third-order valence-corrected chi connectivity index (χ3v) is 9.42. The van der Waals surface area contributed by atoms with Gasteiger partial charge in [-0.15, -0.1) is 0 Å². The summed E-state index contributed by atoms with van der Waals surface area (Å²) in [6.45, 7) is 7.14. The van der Waals surface area contributed by atoms with Crippen molar-refractivity contribution >= 4 is 29.1 Å². The van der Waals surface area contributed by atoms with Crippen molar-refractivity contribution in [2.45, 2.75) is 65.5 Å². The Balaban J connectivity index is 1.58. The number of aliphatic hydroxyl groups is 1. The second-order valence-corrected chi connectivity index (χ2v) is 13.0. The highest BCUT2D eigenvalue weighted by atomic mass is 16.6. The highest BCUT2D eigenvalue weighted by Gasteiger charge is 2.33. The molecule has 3 amide bonds. The van der Waals surface area contributed by atoms with Crippen LogP contribution >= 0.6 is 0 Å². The number of ether oxygens (including phenoxy) is 2. The Hall–Kier alpha value is -5.76. The number of rotatable bonds is 15. The third kappa shape index (κ3) is 8.33. The fraction of sp³-hybridized carbons (Fsp3) is 0.385. The molecule has 14 heteroatoms. The predicted octanol–water partition coefficient (Wildman–Crippen LogP) is 5.96. The molecule has 280 valence electrons. The molecule has 1 atom stereocenters. The number of anilines is 1. The number of methoxy groups -OCH3 is 2. The molecule has 4 aromatic rings. The maximum Gasteiger partial charge on any atom is 0.315 e. The first kappa shape index (κ1) is 38.5. The molecule has 2 heterocycles. The number of carbonyl (C=O) groups is 3. The maximum atomic E-state index is 14.7. The fourth-order valence-electron chi connectivity index (χ4n) is 6.53. The summed E-state index contributed by atoms with van der Waals surface area (Å²) < 4.78 is 12.0. The Kier molecular flexibility index (Phi) is 12.5. The van der Waals surface area contributed by atoms with Gasteiger partial charge < -0.3 is 29.7 Å². The first-order valence-corrected chi connectivity index (χ1v) is 17.8. The van der Waals surface area contributed by atoms with Gasteiger partial charge in [0.15, 0.2) is 5.69 Å². The second-order valence-electron chi connectivity index (χ2n) is 13.0. The summed E-state index contributed by atoms with van der Waals surface area (Å²) in [5.41, 5.74) is 2.98. The number of fused-ring (bicyclic) bond motifs is 1. The van der Waals surface area contributed by atoms with E-state index in [1.54, 1.807) is 34.7 Å². The maximum absolute atomic E-state index is 14.7. The Labute approximate surface area is 308 Å². The first-order chi connectivity index (χ1) is 25.5. The molecule has 1 aliphatic rings. The number of carbonyl (C=O) groups excluding carboxylic acids is 3. The molecule has 3 aromatic carbocycles. The van der Waals surface area contributed by atoms with Crippen LogP contribution in [0.5, 0.6) is 11.5 Å². The topological polar surface area (TPSA) is 169 Å². The van der Waals surface area contributed by atoms with Crippen molar-refractivity contribution in [1.82, 2.24) is 19.6 Å². The van der Waals surface area contributed by atoms with Crippen molar-refractivity contribution in [3.63, 3.8) is 0 Å². The van der Waals surface area contributed by atoms with Crippen LogP contribution in [-0.2, 0) is 13.0 Å². The smallest absolute Gasteiger partial charge is 0.315 e. The minimum atomic E-state index is -0.738. The van der Waals surface area contributed by atoms with E-state index in [0.717, 1.165) is 42.9 Å². The van der Waals surface area contributed by atoms with E-state index < -0.39 is 28.5 Å². The lowest BCUT2D eigenvalue weighted by Crippen LogP contribution is -2.46. The van der Waals surface area contributed by atoms with Gasteiger partial charge in [0.1, 0.15) is 5.75 Å². The van der Waals surface area contributed by atoms with E-state index >= 15 is 0 Å². The van der Waals surface area contributed by atoms with Gasteiger partial charge in [-0.1, -0.05) is 51.0 Å². The van der Waals surface area contributed by atoms with E-state index in [0.29, 0.717) is 30.9 Å². The number of nitrogens with one attached hydrogen (secondary N) is 1. The van der Waals surface area contributed by atoms with Crippen LogP contribution in [0.15, 0.2) is 60.7 Å². The second kappa shape index (κ2) is 17.2. The van der Waals surface area contributed by atoms with Crippen LogP contribution in [0.2, 0.25) is 0 Å². The van der Waals surface area contributed by atoms with Crippen LogP contribution < -0.4 is 14.8 Å². The lowest BCUT2D eigenvalue weighted by atomic mass is 9.93. The summed E-state index contributed by atoms with van der Waals surface area (Å²) >= 11 is 0. The summed E-state index contributed by atoms with van der Waals surface area (Å²) in [6.07, 6.45) is 4.05. The van der Waals surface area contributed by atoms with E-state index in [9.17, 15) is 29.6 Å². The molecular weight excluding hydrogens is 680 g/mol. The number of aromatic nitrogens is 2. The number of nitro benzene ring substituents is 1. The molecule has 0 radical (unpaired) electrons. The molecule has 5 rings (SSSR count). The monoisotopic (exact) mass is 726 g/mol. The molecule has 14 nitrogen and oxygen atoms in total. The van der Waals surface area contributed by atoms with Gasteiger partial charge >= 0.3 is 5.69 Å². The van der Waals surface area contributed by atoms with Crippen LogP contribution in [0.1, 0.15) is 87.6 Å². The minimum absolute atomic E-state index is 0.0803. The van der Waals surface area contributed by atoms with Gasteiger partial charge in [0.25, 0.3) is 17.7 Å². The number of amides is 3. The van der Waals surface area contributed by atoms with E-state index in [4.69, 9.17) is 14.6 Å². The number of hydrogen-bond donors (Lipinski definition) is 2. The summed E-state index contributed by atoms with van der Waals surface area (Å²) in [4.78, 5) is 56.6. The van der Waals surface area contributed by atoms with E-state index in [1.165, 1.54) is 26.4 Å². The number of benzene rings is 3. The lowest BCUT2D eigenvalue weighted by Gasteiger charge is -2.36. The predicted molar refractivity (Wildman–Crippen MR) is 199 cm³/mol. The number of aliphatic hydroxyl groups excluding tert-OH is 1. The number of nitrogens with zero attached hydrogens (tertiary/aromatic N) is 5. The van der Waals surface area contributed by atoms with Gasteiger partial charge in [-0.25, -0.2) is 4.68 Å². The number of nitro groups is 1. The number of unbranched alkanes of at least 4 members (excludes halogenated alkanes) is 2. The zero-order valence-electron chi connectivity index (χ0n) is 30.8. The van der Waals surface area contributed by atoms with Crippen LogP contribution in [0, 0.1) is 17.0 Å². The molecule has 53 heavy (non-hydrogen) atoms. The standard InChI is InChI=1S/C39H46N6O8/c1-6-8-16-42(17-9-7-2)39(49)33-18-25(3)44(41-33)34-15-14-28(40-37(47)32-21-30(52-4)22-35(45(50)51)36(32)53-5)20-31(34)38(48)43-23-27-13-11-10-12-26(27)19-29(43)24-46/h10-15,18,20-22,29,46H,6-9,16-17,19,23-24H2,1-5H3,(H,40,47)/t29-/m0/s1. The molecule has 0 saturated carbocycles. The summed E-state index contributed by atoms with van der Waals surface area (Å²) in [5, 5.41) is 29.7. The largest absolute Gasteiger partial charge is 0.496 e. The van der Waals surface area contributed by atoms with Gasteiger partial charge in [0.2, 0.25) is 5.75 Å². The molecular formula is C39H46N6O8. The van der Waals surface area contributed by atoms with Crippen molar-refractivity contribution in [3.05, 3.63) is 104 Å². The number of hydrogen-bond acceptors (Lipinski definition) is 9. The number of aryl methyl sites for hydroxylation is 1. The molecule has 0 fully saturated rings. The fourth-order valence-corrected chi connectivity index (χ4v) is 6.53. The highest BCUT2D eigenvalue weighted by Crippen LogP contribution is 2.36. The van der Waals surface area contributed by atoms with Crippen molar-refractivity contribution in [2.24, 2.45) is 0 Å². The van der Waals surface area contributed by atoms with Crippen LogP contribution in [0.25, 0.3) is 5.69 Å². The van der Waals surface area contributed by atoms with Gasteiger partial charge in [-0.2, -0.15) is 5.10 Å². The SMILES string of the molecule is CCCCN(CCCC)C(=O)c1cc(C)n(-c2ccc(NC(=O)c3cc(OC)cc([N+](=O)[O-])c3OC)cc2C(=O)N2Cc3ccccc3C[C@H]2CO)n1. The summed E-state index contributed by atoms with van der Waals surface area (Å²) in [5.74, 6) is -1.53. The average Bonchev–Trinajstić information content (AvgIpc) is 3.56. The summed E-state index contributed by atoms with van der Waals surface area (Å²) in [6, 6.07) is 16.1. The quantitative estimate of drug-likeness (QED) is 0.111. The molecule has 1 aromatic heterocycles. The molecule has 1 aliphatic heterocycles. The van der Waals surface area contributed by atoms with Gasteiger partial charge in [-0.3, -0.25) is 24.5 Å². The average molecular weight is 727 g/mol. The Morgan fingerprint density at radius 1 is 0.981 bits per heavy atom. The van der Waals surface area contributed by atoms with Crippen LogP contribution in [-0.4, -0.2) is 87.3 Å². The Morgan fingerprint density at radius 3 is 2.30 bits per heavy atom. The van der Waals surface area contributed by atoms with E-state index in [1.807, 2.05) is 29.2 Å². The normalized spacial score (nSPS) is 13.6. The van der Waals surface area contributed by atoms with Gasteiger partial charge in [0.05, 0.1) is 54.7 Å². The molecule has 0 saturated heterocycles. The van der Waals surface area contributed by atoms with Gasteiger partial charge in [0, 0.05) is 31.0 Å². The molecule has 0 aliphatic carbocycles. The van der Waals surface area contributed by atoms with Crippen LogP contribution in [0.4, 0.5) is 11.4 Å². The van der Waals surface area contributed by atoms with Crippen LogP contribution in [0.3, 0.4) is 0 Å². The molecule has 0 spiro atoms. The first-order valence-electron chi connectivity index (χ1n) is 17.8.